The summed E-state index contributed by atoms with van der Waals surface area (Å²) in [5.74, 6) is 1.45. The highest BCUT2D eigenvalue weighted by Gasteiger charge is 2.10. The quantitative estimate of drug-likeness (QED) is 0.752. The molecule has 1 aromatic heterocycles. The molecule has 0 aliphatic heterocycles. The third kappa shape index (κ3) is 3.17. The first-order chi connectivity index (χ1) is 10.8. The van der Waals surface area contributed by atoms with Crippen LogP contribution < -0.4 is 9.47 Å². The molecule has 0 bridgehead atoms. The van der Waals surface area contributed by atoms with Crippen molar-refractivity contribution in [1.29, 1.82) is 0 Å². The van der Waals surface area contributed by atoms with Gasteiger partial charge in [0.25, 0.3) is 0 Å². The van der Waals surface area contributed by atoms with Gasteiger partial charge in [-0.2, -0.15) is 0 Å². The lowest BCUT2D eigenvalue weighted by Gasteiger charge is -2.13. The van der Waals surface area contributed by atoms with E-state index in [4.69, 9.17) is 9.47 Å². The predicted octanol–water partition coefficient (Wildman–Crippen LogP) is 1.88. The van der Waals surface area contributed by atoms with Crippen LogP contribution in [0, 0.1) is 0 Å². The fourth-order valence-electron chi connectivity index (χ4n) is 2.17. The van der Waals surface area contributed by atoms with Crippen LogP contribution >= 0.6 is 0 Å². The van der Waals surface area contributed by atoms with Crippen molar-refractivity contribution in [3.63, 3.8) is 0 Å². The molecule has 1 atom stereocenters. The average molecular weight is 299 g/mol. The Kier molecular flexibility index (Phi) is 4.20. The molecule has 22 heavy (non-hydrogen) atoms. The standard InChI is InChI=1S/C16H17N3O3/c1-21-13-6-8-14(9-7-13)22-11-12(20)10-19-16-5-3-2-4-15(16)17-18-19/h2-9,12,20H,10-11H2,1H3/t12-/m0/s1. The van der Waals surface area contributed by atoms with E-state index in [1.807, 2.05) is 36.4 Å². The highest BCUT2D eigenvalue weighted by Crippen LogP contribution is 2.17. The third-order valence-electron chi connectivity index (χ3n) is 3.31. The minimum Gasteiger partial charge on any atom is -0.497 e. The number of ether oxygens (including phenoxy) is 2. The van der Waals surface area contributed by atoms with Crippen molar-refractivity contribution in [2.45, 2.75) is 12.6 Å². The zero-order valence-corrected chi connectivity index (χ0v) is 12.2. The number of hydrogen-bond acceptors (Lipinski definition) is 5. The second-order valence-electron chi connectivity index (χ2n) is 4.90. The molecule has 0 saturated carbocycles. The molecule has 1 N–H and O–H groups in total. The Labute approximate surface area is 127 Å². The summed E-state index contributed by atoms with van der Waals surface area (Å²) in [6.45, 7) is 0.511. The van der Waals surface area contributed by atoms with Gasteiger partial charge >= 0.3 is 0 Å². The SMILES string of the molecule is COc1ccc(OC[C@@H](O)Cn2nnc3ccccc32)cc1. The first-order valence-electron chi connectivity index (χ1n) is 6.99. The van der Waals surface area contributed by atoms with Crippen LogP contribution in [0.4, 0.5) is 0 Å². The van der Waals surface area contributed by atoms with Gasteiger partial charge in [-0.15, -0.1) is 5.10 Å². The number of nitrogens with zero attached hydrogens (tertiary/aromatic N) is 3. The first-order valence-corrected chi connectivity index (χ1v) is 6.99. The summed E-state index contributed by atoms with van der Waals surface area (Å²) in [5, 5.41) is 18.2. The Morgan fingerprint density at radius 1 is 1.09 bits per heavy atom. The summed E-state index contributed by atoms with van der Waals surface area (Å²) < 4.78 is 12.3. The minimum absolute atomic E-state index is 0.181. The number of fused-ring (bicyclic) bond motifs is 1. The van der Waals surface area contributed by atoms with Crippen molar-refractivity contribution in [2.75, 3.05) is 13.7 Å². The topological polar surface area (TPSA) is 69.4 Å². The predicted molar refractivity (Wildman–Crippen MR) is 82.0 cm³/mol. The van der Waals surface area contributed by atoms with Gasteiger partial charge in [0.15, 0.2) is 0 Å². The Morgan fingerprint density at radius 3 is 2.59 bits per heavy atom. The van der Waals surface area contributed by atoms with Crippen LogP contribution in [0.2, 0.25) is 0 Å². The van der Waals surface area contributed by atoms with Crippen LogP contribution in [0.1, 0.15) is 0 Å². The van der Waals surface area contributed by atoms with E-state index in [2.05, 4.69) is 10.3 Å². The van der Waals surface area contributed by atoms with Gasteiger partial charge in [0, 0.05) is 0 Å². The fraction of sp³-hybridized carbons (Fsp3) is 0.250. The molecule has 0 unspecified atom stereocenters. The van der Waals surface area contributed by atoms with Gasteiger partial charge in [-0.3, -0.25) is 0 Å². The van der Waals surface area contributed by atoms with Crippen LogP contribution in [0.5, 0.6) is 11.5 Å². The van der Waals surface area contributed by atoms with Gasteiger partial charge in [0.1, 0.15) is 29.7 Å². The van der Waals surface area contributed by atoms with Crippen LogP contribution in [-0.2, 0) is 6.54 Å². The van der Waals surface area contributed by atoms with Crippen LogP contribution in [0.15, 0.2) is 48.5 Å². The summed E-state index contributed by atoms with van der Waals surface area (Å²) >= 11 is 0. The van der Waals surface area contributed by atoms with Crippen LogP contribution in [0.25, 0.3) is 11.0 Å². The van der Waals surface area contributed by atoms with Crippen molar-refractivity contribution >= 4 is 11.0 Å². The summed E-state index contributed by atoms with van der Waals surface area (Å²) in [7, 11) is 1.61. The largest absolute Gasteiger partial charge is 0.497 e. The van der Waals surface area contributed by atoms with E-state index >= 15 is 0 Å². The molecule has 3 aromatic rings. The highest BCUT2D eigenvalue weighted by atomic mass is 16.5. The summed E-state index contributed by atoms with van der Waals surface area (Å²) in [6.07, 6.45) is -0.674. The van der Waals surface area contributed by atoms with Gasteiger partial charge in [0.05, 0.1) is 19.2 Å². The maximum atomic E-state index is 10.1. The van der Waals surface area contributed by atoms with E-state index in [0.29, 0.717) is 12.3 Å². The highest BCUT2D eigenvalue weighted by molar-refractivity contribution is 5.73. The molecule has 3 rings (SSSR count). The van der Waals surface area contributed by atoms with Crippen LogP contribution in [0.3, 0.4) is 0 Å². The lowest BCUT2D eigenvalue weighted by Crippen LogP contribution is -2.24. The number of rotatable bonds is 6. The fourth-order valence-corrected chi connectivity index (χ4v) is 2.17. The average Bonchev–Trinajstić information content (AvgIpc) is 2.97. The molecule has 0 spiro atoms. The molecular formula is C16H17N3O3. The number of para-hydroxylation sites is 1. The van der Waals surface area contributed by atoms with E-state index < -0.39 is 6.10 Å². The number of aliphatic hydroxyl groups is 1. The Morgan fingerprint density at radius 2 is 1.82 bits per heavy atom. The lowest BCUT2D eigenvalue weighted by molar-refractivity contribution is 0.0899. The zero-order valence-electron chi connectivity index (χ0n) is 12.2. The molecule has 114 valence electrons. The number of aromatic nitrogens is 3. The normalized spacial score (nSPS) is 12.3. The van der Waals surface area contributed by atoms with Crippen molar-refractivity contribution in [2.24, 2.45) is 0 Å². The number of methoxy groups -OCH3 is 1. The van der Waals surface area contributed by atoms with E-state index in [9.17, 15) is 5.11 Å². The Balaban J connectivity index is 1.59. The van der Waals surface area contributed by atoms with Gasteiger partial charge in [-0.05, 0) is 36.4 Å². The molecule has 0 amide bonds. The monoisotopic (exact) mass is 299 g/mol. The second-order valence-corrected chi connectivity index (χ2v) is 4.90. The van der Waals surface area contributed by atoms with Gasteiger partial charge in [0.2, 0.25) is 0 Å². The molecule has 6 nitrogen and oxygen atoms in total. The molecular weight excluding hydrogens is 282 g/mol. The summed E-state index contributed by atoms with van der Waals surface area (Å²) in [5.41, 5.74) is 1.71. The van der Waals surface area contributed by atoms with E-state index in [1.54, 1.807) is 23.9 Å². The number of hydrogen-bond donors (Lipinski definition) is 1. The van der Waals surface area contributed by atoms with Gasteiger partial charge in [-0.25, -0.2) is 4.68 Å². The molecule has 0 aliphatic rings. The molecule has 1 heterocycles. The van der Waals surface area contributed by atoms with Crippen molar-refractivity contribution in [1.82, 2.24) is 15.0 Å². The van der Waals surface area contributed by atoms with E-state index in [-0.39, 0.29) is 6.61 Å². The summed E-state index contributed by atoms with van der Waals surface area (Å²) in [4.78, 5) is 0. The maximum Gasteiger partial charge on any atom is 0.119 e. The molecule has 0 radical (unpaired) electrons. The first kappa shape index (κ1) is 14.3. The Hall–Kier alpha value is -2.60. The molecule has 6 heteroatoms. The molecule has 2 aromatic carbocycles. The van der Waals surface area contributed by atoms with E-state index in [1.165, 1.54) is 0 Å². The smallest absolute Gasteiger partial charge is 0.119 e. The lowest BCUT2D eigenvalue weighted by atomic mass is 10.3. The number of aliphatic hydroxyl groups excluding tert-OH is 1. The Bertz CT molecular complexity index is 740. The van der Waals surface area contributed by atoms with E-state index in [0.717, 1.165) is 16.8 Å². The third-order valence-corrected chi connectivity index (χ3v) is 3.31. The summed E-state index contributed by atoms with van der Waals surface area (Å²) in [6, 6.07) is 14.9. The molecule has 0 fully saturated rings. The van der Waals surface area contributed by atoms with Crippen molar-refractivity contribution < 1.29 is 14.6 Å². The van der Waals surface area contributed by atoms with Crippen molar-refractivity contribution in [3.05, 3.63) is 48.5 Å². The molecule has 0 aliphatic carbocycles. The maximum absolute atomic E-state index is 10.1. The molecule has 0 saturated heterocycles. The zero-order chi connectivity index (χ0) is 15.4. The van der Waals surface area contributed by atoms with Crippen molar-refractivity contribution in [3.8, 4) is 11.5 Å². The second kappa shape index (κ2) is 6.44. The number of benzene rings is 2. The van der Waals surface area contributed by atoms with Gasteiger partial charge < -0.3 is 14.6 Å². The minimum atomic E-state index is -0.674. The van der Waals surface area contributed by atoms with Gasteiger partial charge in [-0.1, -0.05) is 17.3 Å². The van der Waals surface area contributed by atoms with Crippen LogP contribution in [-0.4, -0.2) is 39.9 Å².